The number of fused-ring (bicyclic) bond motifs is 1. The van der Waals surface area contributed by atoms with Crippen molar-refractivity contribution in [1.29, 1.82) is 0 Å². The molecule has 92 valence electrons. The van der Waals surface area contributed by atoms with Gasteiger partial charge in [0.05, 0.1) is 11.2 Å². The number of aromatic nitrogens is 2. The zero-order chi connectivity index (χ0) is 12.4. The van der Waals surface area contributed by atoms with E-state index in [-0.39, 0.29) is 0 Å². The number of aryl methyl sites for hydroxylation is 1. The Balaban J connectivity index is 1.70. The topological polar surface area (TPSA) is 40.7 Å². The van der Waals surface area contributed by atoms with Crippen molar-refractivity contribution in [2.24, 2.45) is 0 Å². The van der Waals surface area contributed by atoms with Crippen LogP contribution in [0.3, 0.4) is 0 Å². The van der Waals surface area contributed by atoms with Crippen molar-refractivity contribution >= 4 is 22.2 Å². The highest BCUT2D eigenvalue weighted by Crippen LogP contribution is 2.17. The number of aromatic amines is 1. The molecular formula is C14H15N3S. The highest BCUT2D eigenvalue weighted by atomic mass is 32.1. The number of benzene rings is 1. The van der Waals surface area contributed by atoms with Crippen LogP contribution in [0, 0.1) is 6.92 Å². The molecule has 0 bridgehead atoms. The molecule has 0 atom stereocenters. The smallest absolute Gasteiger partial charge is 0.0798 e. The summed E-state index contributed by atoms with van der Waals surface area (Å²) in [5.41, 5.74) is 5.56. The van der Waals surface area contributed by atoms with Crippen LogP contribution in [-0.4, -0.2) is 9.97 Å². The quantitative estimate of drug-likeness (QED) is 0.753. The molecule has 0 radical (unpaired) electrons. The van der Waals surface area contributed by atoms with Crippen molar-refractivity contribution in [3.05, 3.63) is 52.1 Å². The maximum atomic E-state index is 4.26. The van der Waals surface area contributed by atoms with Crippen LogP contribution in [0.4, 0.5) is 0 Å². The normalized spacial score (nSPS) is 11.2. The number of rotatable bonds is 4. The molecule has 3 nitrogen and oxygen atoms in total. The maximum absolute atomic E-state index is 4.26. The lowest BCUT2D eigenvalue weighted by Crippen LogP contribution is -2.12. The van der Waals surface area contributed by atoms with Gasteiger partial charge in [-0.1, -0.05) is 12.1 Å². The van der Waals surface area contributed by atoms with Crippen LogP contribution in [-0.2, 0) is 13.1 Å². The zero-order valence-corrected chi connectivity index (χ0v) is 11.1. The largest absolute Gasteiger partial charge is 0.361 e. The summed E-state index contributed by atoms with van der Waals surface area (Å²) in [5.74, 6) is 0. The molecule has 0 amide bonds. The Morgan fingerprint density at radius 1 is 1.28 bits per heavy atom. The fourth-order valence-electron chi connectivity index (χ4n) is 2.11. The van der Waals surface area contributed by atoms with E-state index in [4.69, 9.17) is 0 Å². The lowest BCUT2D eigenvalue weighted by Gasteiger charge is -2.05. The summed E-state index contributed by atoms with van der Waals surface area (Å²) in [5, 5.41) is 4.78. The molecule has 3 aromatic rings. The average molecular weight is 257 g/mol. The van der Waals surface area contributed by atoms with Crippen LogP contribution in [0.1, 0.15) is 16.1 Å². The van der Waals surface area contributed by atoms with Crippen molar-refractivity contribution in [2.45, 2.75) is 20.0 Å². The van der Waals surface area contributed by atoms with E-state index in [0.29, 0.717) is 0 Å². The number of H-pyrrole nitrogens is 1. The van der Waals surface area contributed by atoms with Crippen LogP contribution in [0.2, 0.25) is 0 Å². The van der Waals surface area contributed by atoms with E-state index in [0.717, 1.165) is 18.8 Å². The van der Waals surface area contributed by atoms with Gasteiger partial charge in [0.15, 0.2) is 0 Å². The van der Waals surface area contributed by atoms with Crippen LogP contribution in [0.5, 0.6) is 0 Å². The number of hydrogen-bond donors (Lipinski definition) is 2. The summed E-state index contributed by atoms with van der Waals surface area (Å²) >= 11 is 1.71. The van der Waals surface area contributed by atoms with Gasteiger partial charge in [0.25, 0.3) is 0 Å². The molecule has 0 unspecified atom stereocenters. The van der Waals surface area contributed by atoms with E-state index >= 15 is 0 Å². The van der Waals surface area contributed by atoms with Crippen molar-refractivity contribution in [3.63, 3.8) is 0 Å². The molecular weight excluding hydrogens is 242 g/mol. The number of nitrogens with zero attached hydrogens (tertiary/aromatic N) is 1. The molecule has 0 spiro atoms. The Morgan fingerprint density at radius 3 is 3.06 bits per heavy atom. The summed E-state index contributed by atoms with van der Waals surface area (Å²) in [6.45, 7) is 3.82. The van der Waals surface area contributed by atoms with Gasteiger partial charge in [-0.25, -0.2) is 4.98 Å². The van der Waals surface area contributed by atoms with Gasteiger partial charge in [-0.15, -0.1) is 11.3 Å². The minimum Gasteiger partial charge on any atom is -0.361 e. The zero-order valence-electron chi connectivity index (χ0n) is 10.2. The Hall–Kier alpha value is -1.65. The van der Waals surface area contributed by atoms with Gasteiger partial charge in [0.2, 0.25) is 0 Å². The first-order chi connectivity index (χ1) is 8.84. The second-order valence-corrected chi connectivity index (χ2v) is 5.26. The third kappa shape index (κ3) is 2.17. The number of hydrogen-bond acceptors (Lipinski definition) is 3. The summed E-state index contributed by atoms with van der Waals surface area (Å²) in [6.07, 6.45) is 1.99. The molecule has 1 aromatic carbocycles. The van der Waals surface area contributed by atoms with Crippen LogP contribution < -0.4 is 5.32 Å². The van der Waals surface area contributed by atoms with Gasteiger partial charge < -0.3 is 10.3 Å². The van der Waals surface area contributed by atoms with Crippen molar-refractivity contribution in [1.82, 2.24) is 15.3 Å². The van der Waals surface area contributed by atoms with Gasteiger partial charge in [-0.3, -0.25) is 0 Å². The number of nitrogens with one attached hydrogen (secondary N) is 2. The first kappa shape index (κ1) is 11.4. The average Bonchev–Trinajstić information content (AvgIpc) is 2.99. The lowest BCUT2D eigenvalue weighted by atomic mass is 10.1. The van der Waals surface area contributed by atoms with Gasteiger partial charge in [-0.2, -0.15) is 0 Å². The van der Waals surface area contributed by atoms with E-state index in [2.05, 4.69) is 46.5 Å². The molecule has 0 saturated carbocycles. The van der Waals surface area contributed by atoms with Crippen LogP contribution >= 0.6 is 11.3 Å². The van der Waals surface area contributed by atoms with Gasteiger partial charge >= 0.3 is 0 Å². The molecule has 0 aliphatic heterocycles. The summed E-state index contributed by atoms with van der Waals surface area (Å²) in [7, 11) is 0. The molecule has 4 heteroatoms. The van der Waals surface area contributed by atoms with E-state index in [1.54, 1.807) is 11.3 Å². The SMILES string of the molecule is Cc1ncsc1CNCc1cccc2[nH]ccc12. The first-order valence-corrected chi connectivity index (χ1v) is 6.87. The molecule has 2 N–H and O–H groups in total. The minimum absolute atomic E-state index is 0.881. The van der Waals surface area contributed by atoms with Crippen molar-refractivity contribution in [3.8, 4) is 0 Å². The molecule has 18 heavy (non-hydrogen) atoms. The van der Waals surface area contributed by atoms with E-state index in [9.17, 15) is 0 Å². The van der Waals surface area contributed by atoms with Gasteiger partial charge in [0, 0.05) is 35.1 Å². The molecule has 2 aromatic heterocycles. The number of thiazole rings is 1. The van der Waals surface area contributed by atoms with Crippen molar-refractivity contribution in [2.75, 3.05) is 0 Å². The molecule has 0 saturated heterocycles. The highest BCUT2D eigenvalue weighted by molar-refractivity contribution is 7.09. The lowest BCUT2D eigenvalue weighted by molar-refractivity contribution is 0.700. The minimum atomic E-state index is 0.881. The molecule has 0 fully saturated rings. The fourth-order valence-corrected chi connectivity index (χ4v) is 2.86. The summed E-state index contributed by atoms with van der Waals surface area (Å²) in [4.78, 5) is 8.81. The molecule has 2 heterocycles. The first-order valence-electron chi connectivity index (χ1n) is 5.99. The van der Waals surface area contributed by atoms with Crippen LogP contribution in [0.15, 0.2) is 36.0 Å². The summed E-state index contributed by atoms with van der Waals surface area (Å²) < 4.78 is 0. The van der Waals surface area contributed by atoms with E-state index in [1.807, 2.05) is 11.7 Å². The third-order valence-electron chi connectivity index (χ3n) is 3.13. The standard InChI is InChI=1S/C14H15N3S/c1-10-14(18-9-17-10)8-15-7-11-3-2-4-13-12(11)5-6-16-13/h2-6,9,15-16H,7-8H2,1H3. The third-order valence-corrected chi connectivity index (χ3v) is 4.07. The van der Waals surface area contributed by atoms with E-state index in [1.165, 1.54) is 21.3 Å². The monoisotopic (exact) mass is 257 g/mol. The second-order valence-electron chi connectivity index (χ2n) is 4.32. The Kier molecular flexibility index (Phi) is 3.13. The van der Waals surface area contributed by atoms with Crippen LogP contribution in [0.25, 0.3) is 10.9 Å². The van der Waals surface area contributed by atoms with Gasteiger partial charge in [-0.05, 0) is 24.6 Å². The Labute approximate surface area is 110 Å². The summed E-state index contributed by atoms with van der Waals surface area (Å²) in [6, 6.07) is 8.49. The highest BCUT2D eigenvalue weighted by Gasteiger charge is 2.03. The Bertz CT molecular complexity index is 654. The predicted octanol–water partition coefficient (Wildman–Crippen LogP) is 3.22. The second kappa shape index (κ2) is 4.92. The fraction of sp³-hybridized carbons (Fsp3) is 0.214. The molecule has 0 aliphatic carbocycles. The molecule has 3 rings (SSSR count). The van der Waals surface area contributed by atoms with Crippen molar-refractivity contribution < 1.29 is 0 Å². The Morgan fingerprint density at radius 2 is 2.22 bits per heavy atom. The molecule has 0 aliphatic rings. The maximum Gasteiger partial charge on any atom is 0.0798 e. The predicted molar refractivity (Wildman–Crippen MR) is 75.7 cm³/mol. The van der Waals surface area contributed by atoms with Gasteiger partial charge in [0.1, 0.15) is 0 Å². The van der Waals surface area contributed by atoms with E-state index < -0.39 is 0 Å².